The van der Waals surface area contributed by atoms with Crippen molar-refractivity contribution in [3.05, 3.63) is 59.4 Å². The molecule has 2 aromatic carbocycles. The van der Waals surface area contributed by atoms with Crippen molar-refractivity contribution >= 4 is 17.3 Å². The zero-order valence-corrected chi connectivity index (χ0v) is 14.4. The van der Waals surface area contributed by atoms with E-state index in [1.807, 2.05) is 62.4 Å². The summed E-state index contributed by atoms with van der Waals surface area (Å²) in [5.74, 6) is 1.44. The minimum absolute atomic E-state index is 0.530. The highest BCUT2D eigenvalue weighted by Gasteiger charge is 2.29. The van der Waals surface area contributed by atoms with Crippen LogP contribution in [0.4, 0.5) is 5.69 Å². The van der Waals surface area contributed by atoms with E-state index in [9.17, 15) is 0 Å². The first-order valence-electron chi connectivity index (χ1n) is 7.47. The highest BCUT2D eigenvalue weighted by Crippen LogP contribution is 2.31. The second kappa shape index (κ2) is 6.49. The molecule has 1 N–H and O–H groups in total. The van der Waals surface area contributed by atoms with E-state index < -0.39 is 5.54 Å². The van der Waals surface area contributed by atoms with Gasteiger partial charge in [-0.3, -0.25) is 0 Å². The number of benzene rings is 2. The molecular weight excluding hydrogens is 326 g/mol. The number of tetrazole rings is 1. The Hall–Kier alpha value is -2.60. The number of nitrogens with one attached hydrogen (secondary N) is 1. The Morgan fingerprint density at radius 2 is 1.79 bits per heavy atom. The van der Waals surface area contributed by atoms with Gasteiger partial charge in [0.2, 0.25) is 0 Å². The highest BCUT2D eigenvalue weighted by molar-refractivity contribution is 6.30. The van der Waals surface area contributed by atoms with Gasteiger partial charge in [-0.2, -0.15) is 4.68 Å². The van der Waals surface area contributed by atoms with Crippen LogP contribution in [0.15, 0.2) is 48.5 Å². The fourth-order valence-electron chi connectivity index (χ4n) is 2.47. The largest absolute Gasteiger partial charge is 0.495 e. The average Bonchev–Trinajstić information content (AvgIpc) is 3.06. The Kier molecular flexibility index (Phi) is 4.40. The molecule has 0 aliphatic carbocycles. The molecule has 0 aliphatic heterocycles. The molecule has 0 amide bonds. The third-order valence-electron chi connectivity index (χ3n) is 3.65. The summed E-state index contributed by atoms with van der Waals surface area (Å²) in [5, 5.41) is 16.3. The van der Waals surface area contributed by atoms with Gasteiger partial charge in [-0.1, -0.05) is 23.7 Å². The maximum absolute atomic E-state index is 5.96. The van der Waals surface area contributed by atoms with Crippen molar-refractivity contribution < 1.29 is 4.74 Å². The first kappa shape index (κ1) is 16.3. The van der Waals surface area contributed by atoms with Gasteiger partial charge in [-0.05, 0) is 60.7 Å². The predicted octanol–water partition coefficient (Wildman–Crippen LogP) is 3.67. The van der Waals surface area contributed by atoms with Gasteiger partial charge in [0.05, 0.1) is 24.0 Å². The molecule has 0 aliphatic rings. The topological polar surface area (TPSA) is 64.9 Å². The van der Waals surface area contributed by atoms with Crippen LogP contribution in [-0.2, 0) is 5.54 Å². The molecule has 6 nitrogen and oxygen atoms in total. The number of hydrogen-bond donors (Lipinski definition) is 1. The Morgan fingerprint density at radius 1 is 1.08 bits per heavy atom. The highest BCUT2D eigenvalue weighted by atomic mass is 35.5. The fourth-order valence-corrected chi connectivity index (χ4v) is 2.60. The van der Waals surface area contributed by atoms with Gasteiger partial charge < -0.3 is 10.1 Å². The predicted molar refractivity (Wildman–Crippen MR) is 93.8 cm³/mol. The minimum Gasteiger partial charge on any atom is -0.495 e. The maximum Gasteiger partial charge on any atom is 0.181 e. The summed E-state index contributed by atoms with van der Waals surface area (Å²) in [4.78, 5) is 0. The number of anilines is 1. The molecule has 3 aromatic rings. The Balaban J connectivity index is 1.96. The van der Waals surface area contributed by atoms with E-state index in [2.05, 4.69) is 20.8 Å². The summed E-state index contributed by atoms with van der Waals surface area (Å²) in [7, 11) is 1.64. The van der Waals surface area contributed by atoms with Crippen LogP contribution in [0.2, 0.25) is 5.02 Å². The first-order chi connectivity index (χ1) is 11.5. The lowest BCUT2D eigenvalue weighted by Crippen LogP contribution is -2.32. The first-order valence-corrected chi connectivity index (χ1v) is 7.85. The standard InChI is InChI=1S/C17H18ClN5O/c1-17(2,19-14-6-4-5-7-15(14)24-3)16-20-21-22-23(16)13-10-8-12(18)9-11-13/h4-11,19H,1-3H3. The third-order valence-corrected chi connectivity index (χ3v) is 3.91. The monoisotopic (exact) mass is 343 g/mol. The molecule has 1 heterocycles. The van der Waals surface area contributed by atoms with Gasteiger partial charge in [0.15, 0.2) is 5.82 Å². The minimum atomic E-state index is -0.530. The van der Waals surface area contributed by atoms with E-state index >= 15 is 0 Å². The van der Waals surface area contributed by atoms with Crippen LogP contribution < -0.4 is 10.1 Å². The van der Waals surface area contributed by atoms with Crippen LogP contribution in [0, 0.1) is 0 Å². The number of rotatable bonds is 5. The summed E-state index contributed by atoms with van der Waals surface area (Å²) in [6.45, 7) is 4.02. The quantitative estimate of drug-likeness (QED) is 0.765. The zero-order valence-electron chi connectivity index (χ0n) is 13.7. The molecule has 0 unspecified atom stereocenters. The molecule has 0 fully saturated rings. The van der Waals surface area contributed by atoms with E-state index in [1.54, 1.807) is 11.8 Å². The van der Waals surface area contributed by atoms with Crippen molar-refractivity contribution in [2.45, 2.75) is 19.4 Å². The molecule has 0 spiro atoms. The van der Waals surface area contributed by atoms with Crippen molar-refractivity contribution in [2.75, 3.05) is 12.4 Å². The Labute approximate surface area is 145 Å². The van der Waals surface area contributed by atoms with Gasteiger partial charge in [-0.25, -0.2) is 0 Å². The van der Waals surface area contributed by atoms with E-state index in [0.717, 1.165) is 17.1 Å². The summed E-state index contributed by atoms with van der Waals surface area (Å²) in [5.41, 5.74) is 1.18. The number of para-hydroxylation sites is 2. The molecule has 124 valence electrons. The Morgan fingerprint density at radius 3 is 2.50 bits per heavy atom. The molecule has 3 rings (SSSR count). The summed E-state index contributed by atoms with van der Waals surface area (Å²) in [6, 6.07) is 15.1. The van der Waals surface area contributed by atoms with Crippen LogP contribution in [0.25, 0.3) is 5.69 Å². The number of hydrogen-bond acceptors (Lipinski definition) is 5. The van der Waals surface area contributed by atoms with Gasteiger partial charge in [0.25, 0.3) is 0 Å². The van der Waals surface area contributed by atoms with Crippen molar-refractivity contribution in [1.82, 2.24) is 20.2 Å². The Bertz CT molecular complexity index is 829. The molecule has 7 heteroatoms. The molecular formula is C17H18ClN5O. The van der Waals surface area contributed by atoms with Gasteiger partial charge >= 0.3 is 0 Å². The summed E-state index contributed by atoms with van der Waals surface area (Å²) in [6.07, 6.45) is 0. The number of methoxy groups -OCH3 is 1. The van der Waals surface area contributed by atoms with Crippen molar-refractivity contribution in [3.8, 4) is 11.4 Å². The molecule has 0 saturated heterocycles. The second-order valence-electron chi connectivity index (χ2n) is 5.84. The van der Waals surface area contributed by atoms with Crippen molar-refractivity contribution in [1.29, 1.82) is 0 Å². The summed E-state index contributed by atoms with van der Waals surface area (Å²) >= 11 is 5.96. The van der Waals surface area contributed by atoms with Crippen LogP contribution in [0.3, 0.4) is 0 Å². The number of ether oxygens (including phenoxy) is 1. The van der Waals surface area contributed by atoms with Gasteiger partial charge in [-0.15, -0.1) is 5.10 Å². The van der Waals surface area contributed by atoms with Crippen LogP contribution >= 0.6 is 11.6 Å². The number of aromatic nitrogens is 4. The third kappa shape index (κ3) is 3.19. The molecule has 24 heavy (non-hydrogen) atoms. The number of nitrogens with zero attached hydrogens (tertiary/aromatic N) is 4. The van der Waals surface area contributed by atoms with Crippen molar-refractivity contribution in [2.24, 2.45) is 0 Å². The van der Waals surface area contributed by atoms with Crippen LogP contribution in [0.1, 0.15) is 19.7 Å². The lowest BCUT2D eigenvalue weighted by Gasteiger charge is -2.27. The van der Waals surface area contributed by atoms with Crippen molar-refractivity contribution in [3.63, 3.8) is 0 Å². The lowest BCUT2D eigenvalue weighted by molar-refractivity contribution is 0.414. The fraction of sp³-hybridized carbons (Fsp3) is 0.235. The molecule has 0 radical (unpaired) electrons. The molecule has 1 aromatic heterocycles. The van der Waals surface area contributed by atoms with E-state index in [4.69, 9.17) is 16.3 Å². The SMILES string of the molecule is COc1ccccc1NC(C)(C)c1nnnn1-c1ccc(Cl)cc1. The molecule has 0 atom stereocenters. The maximum atomic E-state index is 5.96. The van der Waals surface area contributed by atoms with Gasteiger partial charge in [0, 0.05) is 5.02 Å². The van der Waals surface area contributed by atoms with Crippen LogP contribution in [-0.4, -0.2) is 27.3 Å². The van der Waals surface area contributed by atoms with E-state index in [-0.39, 0.29) is 0 Å². The van der Waals surface area contributed by atoms with Crippen LogP contribution in [0.5, 0.6) is 5.75 Å². The number of halogens is 1. The normalized spacial score (nSPS) is 11.3. The summed E-state index contributed by atoms with van der Waals surface area (Å²) < 4.78 is 7.09. The van der Waals surface area contributed by atoms with Gasteiger partial charge in [0.1, 0.15) is 5.75 Å². The zero-order chi connectivity index (χ0) is 17.2. The van der Waals surface area contributed by atoms with E-state index in [1.165, 1.54) is 0 Å². The molecule has 0 saturated carbocycles. The second-order valence-corrected chi connectivity index (χ2v) is 6.28. The lowest BCUT2D eigenvalue weighted by atomic mass is 10.0. The van der Waals surface area contributed by atoms with E-state index in [0.29, 0.717) is 10.8 Å². The smallest absolute Gasteiger partial charge is 0.181 e. The average molecular weight is 344 g/mol. The molecule has 0 bridgehead atoms.